The molecule has 0 aliphatic heterocycles. The van der Waals surface area contributed by atoms with Crippen molar-refractivity contribution >= 4 is 5.82 Å². The molecule has 1 aromatic heterocycles. The van der Waals surface area contributed by atoms with Gasteiger partial charge in [0.2, 0.25) is 0 Å². The number of aromatic nitrogens is 2. The van der Waals surface area contributed by atoms with Crippen LogP contribution < -0.4 is 5.73 Å². The Morgan fingerprint density at radius 3 is 2.73 bits per heavy atom. The van der Waals surface area contributed by atoms with Gasteiger partial charge in [-0.3, -0.25) is 5.10 Å². The number of nitrogens with zero attached hydrogens (tertiary/aromatic N) is 2. The first-order valence-corrected chi connectivity index (χ1v) is 4.58. The molecule has 0 aliphatic carbocycles. The minimum atomic E-state index is 0.267. The van der Waals surface area contributed by atoms with E-state index in [2.05, 4.69) is 10.2 Å². The first kappa shape index (κ1) is 9.28. The molecule has 4 nitrogen and oxygen atoms in total. The summed E-state index contributed by atoms with van der Waals surface area (Å²) in [5.74, 6) is 0.267. The van der Waals surface area contributed by atoms with E-state index in [1.165, 1.54) is 0 Å². The zero-order valence-corrected chi connectivity index (χ0v) is 8.07. The number of rotatable bonds is 2. The second-order valence-corrected chi connectivity index (χ2v) is 3.24. The molecular weight excluding hydrogens is 188 g/mol. The highest BCUT2D eigenvalue weighted by Crippen LogP contribution is 2.15. The molecule has 1 heterocycles. The van der Waals surface area contributed by atoms with Gasteiger partial charge in [-0.05, 0) is 5.56 Å². The molecule has 0 fully saturated rings. The molecule has 2 rings (SSSR count). The third kappa shape index (κ3) is 1.81. The van der Waals surface area contributed by atoms with Crippen molar-refractivity contribution in [1.82, 2.24) is 10.2 Å². The summed E-state index contributed by atoms with van der Waals surface area (Å²) in [6.45, 7) is 0. The average molecular weight is 198 g/mol. The summed E-state index contributed by atoms with van der Waals surface area (Å²) in [5, 5.41) is 15.5. The van der Waals surface area contributed by atoms with Gasteiger partial charge in [-0.25, -0.2) is 0 Å². The molecule has 74 valence electrons. The number of nitriles is 1. The van der Waals surface area contributed by atoms with Gasteiger partial charge >= 0.3 is 0 Å². The predicted molar refractivity (Wildman–Crippen MR) is 57.0 cm³/mol. The van der Waals surface area contributed by atoms with Crippen LogP contribution in [0.25, 0.3) is 0 Å². The Bertz CT molecular complexity index is 493. The molecule has 0 unspecified atom stereocenters. The smallest absolute Gasteiger partial charge is 0.163 e. The standard InChI is InChI=1S/C11H10N4/c12-7-9-10(14-15-11(9)13)6-8-4-2-1-3-5-8/h1-5H,6H2,(H3,13,14,15). The highest BCUT2D eigenvalue weighted by atomic mass is 15.2. The van der Waals surface area contributed by atoms with Crippen molar-refractivity contribution < 1.29 is 0 Å². The fourth-order valence-electron chi connectivity index (χ4n) is 1.45. The molecule has 1 aromatic carbocycles. The van der Waals surface area contributed by atoms with Crippen molar-refractivity contribution in [1.29, 1.82) is 5.26 Å². The highest BCUT2D eigenvalue weighted by Gasteiger charge is 2.09. The monoisotopic (exact) mass is 198 g/mol. The molecule has 0 amide bonds. The lowest BCUT2D eigenvalue weighted by atomic mass is 10.1. The second kappa shape index (κ2) is 3.84. The fraction of sp³-hybridized carbons (Fsp3) is 0.0909. The minimum absolute atomic E-state index is 0.267. The van der Waals surface area contributed by atoms with Crippen LogP contribution in [0, 0.1) is 11.3 Å². The number of aromatic amines is 1. The van der Waals surface area contributed by atoms with Gasteiger partial charge < -0.3 is 5.73 Å². The van der Waals surface area contributed by atoms with Gasteiger partial charge in [-0.2, -0.15) is 10.4 Å². The Morgan fingerprint density at radius 2 is 2.07 bits per heavy atom. The van der Waals surface area contributed by atoms with E-state index in [4.69, 9.17) is 11.0 Å². The van der Waals surface area contributed by atoms with E-state index in [9.17, 15) is 0 Å². The van der Waals surface area contributed by atoms with Crippen LogP contribution in [-0.4, -0.2) is 10.2 Å². The van der Waals surface area contributed by atoms with Gasteiger partial charge in [0, 0.05) is 6.42 Å². The van der Waals surface area contributed by atoms with Crippen LogP contribution >= 0.6 is 0 Å². The molecule has 0 saturated carbocycles. The van der Waals surface area contributed by atoms with Crippen LogP contribution in [-0.2, 0) is 6.42 Å². The molecule has 0 saturated heterocycles. The fourth-order valence-corrected chi connectivity index (χ4v) is 1.45. The summed E-state index contributed by atoms with van der Waals surface area (Å²) in [7, 11) is 0. The number of anilines is 1. The minimum Gasteiger partial charge on any atom is -0.381 e. The largest absolute Gasteiger partial charge is 0.381 e. The number of nitrogen functional groups attached to an aromatic ring is 1. The third-order valence-electron chi connectivity index (χ3n) is 2.20. The lowest BCUT2D eigenvalue weighted by Gasteiger charge is -1.98. The van der Waals surface area contributed by atoms with Crippen molar-refractivity contribution in [2.75, 3.05) is 5.73 Å². The van der Waals surface area contributed by atoms with Crippen molar-refractivity contribution in [2.24, 2.45) is 0 Å². The van der Waals surface area contributed by atoms with E-state index < -0.39 is 0 Å². The van der Waals surface area contributed by atoms with E-state index in [0.29, 0.717) is 12.0 Å². The quantitative estimate of drug-likeness (QED) is 0.766. The van der Waals surface area contributed by atoms with Crippen molar-refractivity contribution in [3.05, 3.63) is 47.2 Å². The topological polar surface area (TPSA) is 78.5 Å². The molecule has 4 heteroatoms. The van der Waals surface area contributed by atoms with Crippen LogP contribution in [0.15, 0.2) is 30.3 Å². The molecule has 0 radical (unpaired) electrons. The SMILES string of the molecule is N#Cc1c(N)n[nH]c1Cc1ccccc1. The Labute approximate surface area is 87.3 Å². The number of nitrogens with one attached hydrogen (secondary N) is 1. The number of nitrogens with two attached hydrogens (primary N) is 1. The summed E-state index contributed by atoms with van der Waals surface area (Å²) in [6.07, 6.45) is 0.647. The summed E-state index contributed by atoms with van der Waals surface area (Å²) in [5.41, 5.74) is 7.87. The maximum absolute atomic E-state index is 8.88. The van der Waals surface area contributed by atoms with Crippen LogP contribution in [0.4, 0.5) is 5.82 Å². The number of hydrogen-bond acceptors (Lipinski definition) is 3. The molecule has 0 atom stereocenters. The van der Waals surface area contributed by atoms with Gasteiger partial charge in [0.15, 0.2) is 5.82 Å². The summed E-state index contributed by atoms with van der Waals surface area (Å²) in [4.78, 5) is 0. The van der Waals surface area contributed by atoms with Crippen LogP contribution in [0.1, 0.15) is 16.8 Å². The molecule has 2 aromatic rings. The third-order valence-corrected chi connectivity index (χ3v) is 2.20. The Hall–Kier alpha value is -2.28. The van der Waals surface area contributed by atoms with Gasteiger partial charge in [0.05, 0.1) is 5.69 Å². The Balaban J connectivity index is 2.30. The van der Waals surface area contributed by atoms with Gasteiger partial charge in [0.1, 0.15) is 11.6 Å². The molecule has 3 N–H and O–H groups in total. The van der Waals surface area contributed by atoms with Crippen molar-refractivity contribution in [3.63, 3.8) is 0 Å². The second-order valence-electron chi connectivity index (χ2n) is 3.24. The maximum Gasteiger partial charge on any atom is 0.163 e. The summed E-state index contributed by atoms with van der Waals surface area (Å²) >= 11 is 0. The van der Waals surface area contributed by atoms with E-state index in [1.54, 1.807) is 0 Å². The molecule has 15 heavy (non-hydrogen) atoms. The normalized spacial score (nSPS) is 9.80. The molecule has 0 bridgehead atoms. The average Bonchev–Trinajstić information content (AvgIpc) is 2.61. The Morgan fingerprint density at radius 1 is 1.33 bits per heavy atom. The lowest BCUT2D eigenvalue weighted by molar-refractivity contribution is 0.997. The summed E-state index contributed by atoms with van der Waals surface area (Å²) < 4.78 is 0. The lowest BCUT2D eigenvalue weighted by Crippen LogP contribution is -1.92. The maximum atomic E-state index is 8.88. The molecule has 0 aliphatic rings. The molecule has 0 spiro atoms. The van der Waals surface area contributed by atoms with E-state index in [0.717, 1.165) is 11.3 Å². The predicted octanol–water partition coefficient (Wildman–Crippen LogP) is 1.45. The van der Waals surface area contributed by atoms with Crippen LogP contribution in [0.2, 0.25) is 0 Å². The highest BCUT2D eigenvalue weighted by molar-refractivity contribution is 5.51. The van der Waals surface area contributed by atoms with Crippen LogP contribution in [0.3, 0.4) is 0 Å². The zero-order chi connectivity index (χ0) is 10.7. The first-order valence-electron chi connectivity index (χ1n) is 4.58. The number of benzene rings is 1. The van der Waals surface area contributed by atoms with Gasteiger partial charge in [-0.15, -0.1) is 0 Å². The number of H-pyrrole nitrogens is 1. The van der Waals surface area contributed by atoms with E-state index >= 15 is 0 Å². The zero-order valence-electron chi connectivity index (χ0n) is 8.07. The van der Waals surface area contributed by atoms with Crippen LogP contribution in [0.5, 0.6) is 0 Å². The van der Waals surface area contributed by atoms with Gasteiger partial charge in [0.25, 0.3) is 0 Å². The Kier molecular flexibility index (Phi) is 2.38. The number of hydrogen-bond donors (Lipinski definition) is 2. The first-order chi connectivity index (χ1) is 7.31. The van der Waals surface area contributed by atoms with Crippen molar-refractivity contribution in [2.45, 2.75) is 6.42 Å². The van der Waals surface area contributed by atoms with Gasteiger partial charge in [-0.1, -0.05) is 30.3 Å². The molecular formula is C11H10N4. The summed E-state index contributed by atoms with van der Waals surface area (Å²) in [6, 6.07) is 11.9. The van der Waals surface area contributed by atoms with E-state index in [1.807, 2.05) is 36.4 Å². The van der Waals surface area contributed by atoms with E-state index in [-0.39, 0.29) is 5.82 Å². The van der Waals surface area contributed by atoms with Crippen molar-refractivity contribution in [3.8, 4) is 6.07 Å².